The monoisotopic (exact) mass is 240 g/mol. The molecule has 0 bridgehead atoms. The van der Waals surface area contributed by atoms with Crippen molar-refractivity contribution < 1.29 is 4.74 Å². The van der Waals surface area contributed by atoms with E-state index >= 15 is 0 Å². The molecule has 90 valence electrons. The normalized spacial score (nSPS) is 11.8. The van der Waals surface area contributed by atoms with Crippen LogP contribution in [-0.4, -0.2) is 16.6 Å². The van der Waals surface area contributed by atoms with Crippen molar-refractivity contribution in [2.45, 2.75) is 46.1 Å². The van der Waals surface area contributed by atoms with E-state index in [1.54, 1.807) is 0 Å². The molecule has 0 aliphatic carbocycles. The van der Waals surface area contributed by atoms with Gasteiger partial charge in [-0.3, -0.25) is 0 Å². The molecule has 0 amide bonds. The fourth-order valence-electron chi connectivity index (χ4n) is 1.93. The van der Waals surface area contributed by atoms with Crippen LogP contribution >= 0.6 is 12.2 Å². The van der Waals surface area contributed by atoms with Crippen LogP contribution in [0.4, 0.5) is 0 Å². The Labute approximate surface area is 102 Å². The van der Waals surface area contributed by atoms with Gasteiger partial charge in [0.15, 0.2) is 0 Å². The first kappa shape index (κ1) is 13.3. The lowest BCUT2D eigenvalue weighted by molar-refractivity contribution is -0.0573. The molecule has 1 heterocycles. The van der Waals surface area contributed by atoms with E-state index in [1.807, 2.05) is 19.9 Å². The molecule has 1 N–H and O–H groups in total. The molecule has 1 rings (SSSR count). The van der Waals surface area contributed by atoms with Crippen LogP contribution in [0.1, 0.15) is 45.1 Å². The Morgan fingerprint density at radius 1 is 1.38 bits per heavy atom. The second kappa shape index (κ2) is 5.55. The first-order valence-corrected chi connectivity index (χ1v) is 6.21. The molecule has 0 saturated carbocycles. The third kappa shape index (κ3) is 2.68. The molecule has 4 heteroatoms. The summed E-state index contributed by atoms with van der Waals surface area (Å²) in [5.74, 6) is 0.851. The van der Waals surface area contributed by atoms with Gasteiger partial charge in [-0.25, -0.2) is 4.98 Å². The maximum Gasteiger partial charge on any atom is 0.140 e. The fraction of sp³-hybridized carbons (Fsp3) is 0.667. The van der Waals surface area contributed by atoms with Crippen molar-refractivity contribution in [3.05, 3.63) is 22.2 Å². The predicted octanol–water partition coefficient (Wildman–Crippen LogP) is 3.50. The Balaban J connectivity index is 3.24. The molecule has 0 radical (unpaired) electrons. The summed E-state index contributed by atoms with van der Waals surface area (Å²) in [6, 6.07) is 1.86. The van der Waals surface area contributed by atoms with Crippen molar-refractivity contribution in [3.8, 4) is 0 Å². The molecule has 0 aromatic carbocycles. The van der Waals surface area contributed by atoms with Crippen molar-refractivity contribution >= 4 is 12.2 Å². The molecule has 3 nitrogen and oxygen atoms in total. The van der Waals surface area contributed by atoms with Crippen LogP contribution in [0.3, 0.4) is 0 Å². The van der Waals surface area contributed by atoms with Gasteiger partial charge in [0.05, 0.1) is 0 Å². The third-order valence-electron chi connectivity index (χ3n) is 2.87. The number of ether oxygens (including phenoxy) is 1. The number of H-pyrrole nitrogens is 1. The molecule has 1 aromatic rings. The lowest BCUT2D eigenvalue weighted by atomic mass is 9.96. The topological polar surface area (TPSA) is 37.9 Å². The average Bonchev–Trinajstić information content (AvgIpc) is 2.24. The first-order chi connectivity index (χ1) is 7.57. The van der Waals surface area contributed by atoms with Crippen LogP contribution in [0.2, 0.25) is 0 Å². The lowest BCUT2D eigenvalue weighted by Gasteiger charge is -2.30. The zero-order chi connectivity index (χ0) is 12.2. The van der Waals surface area contributed by atoms with Crippen molar-refractivity contribution in [1.29, 1.82) is 0 Å². The van der Waals surface area contributed by atoms with Gasteiger partial charge < -0.3 is 9.72 Å². The minimum Gasteiger partial charge on any atom is -0.367 e. The third-order valence-corrected chi connectivity index (χ3v) is 3.08. The highest BCUT2D eigenvalue weighted by Gasteiger charge is 2.31. The summed E-state index contributed by atoms with van der Waals surface area (Å²) in [7, 11) is 0. The summed E-state index contributed by atoms with van der Waals surface area (Å²) in [5, 5.41) is 0. The Hall–Kier alpha value is -0.740. The zero-order valence-electron chi connectivity index (χ0n) is 10.5. The second-order valence-electron chi connectivity index (χ2n) is 3.89. The Bertz CT molecular complexity index is 396. The van der Waals surface area contributed by atoms with Gasteiger partial charge in [0.1, 0.15) is 16.1 Å². The summed E-state index contributed by atoms with van der Waals surface area (Å²) in [4.78, 5) is 7.67. The smallest absolute Gasteiger partial charge is 0.140 e. The standard InChI is InChI=1S/C12H20N2OS/c1-5-12(6-2,15-7-3)11-13-9(4)8-10(16)14-11/h8H,5-7H2,1-4H3,(H,13,14,16). The van der Waals surface area contributed by atoms with Crippen molar-refractivity contribution in [3.63, 3.8) is 0 Å². The molecule has 1 aromatic heterocycles. The van der Waals surface area contributed by atoms with E-state index < -0.39 is 0 Å². The van der Waals surface area contributed by atoms with Crippen molar-refractivity contribution in [2.75, 3.05) is 6.61 Å². The molecular weight excluding hydrogens is 220 g/mol. The van der Waals surface area contributed by atoms with Gasteiger partial charge in [-0.2, -0.15) is 0 Å². The summed E-state index contributed by atoms with van der Waals surface area (Å²) < 4.78 is 6.51. The zero-order valence-corrected chi connectivity index (χ0v) is 11.3. The highest BCUT2D eigenvalue weighted by atomic mass is 32.1. The first-order valence-electron chi connectivity index (χ1n) is 5.80. The Morgan fingerprint density at radius 3 is 2.44 bits per heavy atom. The van der Waals surface area contributed by atoms with E-state index in [-0.39, 0.29) is 5.60 Å². The quantitative estimate of drug-likeness (QED) is 0.800. The number of hydrogen-bond donors (Lipinski definition) is 1. The van der Waals surface area contributed by atoms with Gasteiger partial charge in [0.2, 0.25) is 0 Å². The Kier molecular flexibility index (Phi) is 4.62. The molecule has 0 fully saturated rings. The minimum atomic E-state index is -0.325. The number of aryl methyl sites for hydroxylation is 1. The second-order valence-corrected chi connectivity index (χ2v) is 4.30. The molecule has 0 aliphatic heterocycles. The number of nitrogens with zero attached hydrogens (tertiary/aromatic N) is 1. The molecule has 0 aliphatic rings. The van der Waals surface area contributed by atoms with Crippen LogP contribution in [0, 0.1) is 11.6 Å². The minimum absolute atomic E-state index is 0.325. The maximum absolute atomic E-state index is 5.88. The van der Waals surface area contributed by atoms with Crippen molar-refractivity contribution in [1.82, 2.24) is 9.97 Å². The number of aromatic amines is 1. The fourth-order valence-corrected chi connectivity index (χ4v) is 2.20. The van der Waals surface area contributed by atoms with Gasteiger partial charge in [0, 0.05) is 12.3 Å². The van der Waals surface area contributed by atoms with E-state index in [0.29, 0.717) is 11.2 Å². The average molecular weight is 240 g/mol. The number of hydrogen-bond acceptors (Lipinski definition) is 3. The number of nitrogens with one attached hydrogen (secondary N) is 1. The van der Waals surface area contributed by atoms with Gasteiger partial charge in [-0.05, 0) is 32.8 Å². The van der Waals surface area contributed by atoms with Gasteiger partial charge in [-0.1, -0.05) is 26.1 Å². The van der Waals surface area contributed by atoms with Gasteiger partial charge >= 0.3 is 0 Å². The van der Waals surface area contributed by atoms with E-state index in [0.717, 1.165) is 24.4 Å². The summed E-state index contributed by atoms with van der Waals surface area (Å²) in [6.45, 7) is 8.89. The SMILES string of the molecule is CCOC(CC)(CC)c1nc(=S)cc(C)[nH]1. The number of rotatable bonds is 5. The number of aromatic nitrogens is 2. The van der Waals surface area contributed by atoms with E-state index in [9.17, 15) is 0 Å². The molecular formula is C12H20N2OS. The molecule has 0 atom stereocenters. The lowest BCUT2D eigenvalue weighted by Crippen LogP contribution is -2.31. The highest BCUT2D eigenvalue weighted by molar-refractivity contribution is 7.71. The van der Waals surface area contributed by atoms with Gasteiger partial charge in [0.25, 0.3) is 0 Å². The largest absolute Gasteiger partial charge is 0.367 e. The molecule has 0 saturated heterocycles. The molecule has 16 heavy (non-hydrogen) atoms. The molecule has 0 unspecified atom stereocenters. The predicted molar refractivity (Wildman–Crippen MR) is 68.0 cm³/mol. The van der Waals surface area contributed by atoms with E-state index in [2.05, 4.69) is 23.8 Å². The van der Waals surface area contributed by atoms with E-state index in [4.69, 9.17) is 17.0 Å². The van der Waals surface area contributed by atoms with Crippen LogP contribution in [-0.2, 0) is 10.3 Å². The Morgan fingerprint density at radius 2 is 2.00 bits per heavy atom. The highest BCUT2D eigenvalue weighted by Crippen LogP contribution is 2.30. The maximum atomic E-state index is 5.88. The van der Waals surface area contributed by atoms with Gasteiger partial charge in [-0.15, -0.1) is 0 Å². The summed E-state index contributed by atoms with van der Waals surface area (Å²) in [5.41, 5.74) is 0.704. The van der Waals surface area contributed by atoms with Crippen LogP contribution in [0.25, 0.3) is 0 Å². The summed E-state index contributed by atoms with van der Waals surface area (Å²) >= 11 is 5.15. The van der Waals surface area contributed by atoms with Crippen LogP contribution in [0.5, 0.6) is 0 Å². The van der Waals surface area contributed by atoms with Crippen LogP contribution < -0.4 is 0 Å². The van der Waals surface area contributed by atoms with E-state index in [1.165, 1.54) is 0 Å². The summed E-state index contributed by atoms with van der Waals surface area (Å²) in [6.07, 6.45) is 1.78. The van der Waals surface area contributed by atoms with Crippen molar-refractivity contribution in [2.24, 2.45) is 0 Å². The molecule has 0 spiro atoms. The van der Waals surface area contributed by atoms with Crippen LogP contribution in [0.15, 0.2) is 6.07 Å².